The van der Waals surface area contributed by atoms with Gasteiger partial charge in [-0.15, -0.1) is 10.2 Å². The van der Waals surface area contributed by atoms with E-state index in [4.69, 9.17) is 10.3 Å². The second-order valence-corrected chi connectivity index (χ2v) is 6.98. The lowest BCUT2D eigenvalue weighted by molar-refractivity contribution is 0.0904. The monoisotopic (exact) mass is 355 g/mol. The van der Waals surface area contributed by atoms with Gasteiger partial charge in [0.15, 0.2) is 0 Å². The van der Waals surface area contributed by atoms with Gasteiger partial charge < -0.3 is 15.6 Å². The molecule has 1 aliphatic rings. The molecule has 3 aromatic rings. The van der Waals surface area contributed by atoms with E-state index in [0.29, 0.717) is 15.9 Å². The fourth-order valence-corrected chi connectivity index (χ4v) is 3.75. The second kappa shape index (κ2) is 6.64. The van der Waals surface area contributed by atoms with Gasteiger partial charge in [0.1, 0.15) is 11.0 Å². The van der Waals surface area contributed by atoms with E-state index < -0.39 is 6.04 Å². The summed E-state index contributed by atoms with van der Waals surface area (Å²) in [7, 11) is 0. The summed E-state index contributed by atoms with van der Waals surface area (Å²) in [5.74, 6) is 0.00592. The van der Waals surface area contributed by atoms with E-state index >= 15 is 0 Å². The summed E-state index contributed by atoms with van der Waals surface area (Å²) in [6.07, 6.45) is 3.81. The maximum absolute atomic E-state index is 12.8. The smallest absolute Gasteiger partial charge is 0.291 e. The molecule has 7 nitrogen and oxygen atoms in total. The summed E-state index contributed by atoms with van der Waals surface area (Å²) < 4.78 is 5.34. The van der Waals surface area contributed by atoms with Gasteiger partial charge in [-0.3, -0.25) is 4.79 Å². The van der Waals surface area contributed by atoms with Crippen molar-refractivity contribution in [2.24, 2.45) is 0 Å². The molecule has 0 saturated heterocycles. The molecule has 2 aromatic heterocycles. The van der Waals surface area contributed by atoms with Crippen LogP contribution in [0.4, 0.5) is 5.13 Å². The number of benzene rings is 1. The summed E-state index contributed by atoms with van der Waals surface area (Å²) >= 11 is 1.25. The van der Waals surface area contributed by atoms with E-state index in [1.807, 2.05) is 30.3 Å². The lowest BCUT2D eigenvalue weighted by Crippen LogP contribution is -2.30. The zero-order valence-electron chi connectivity index (χ0n) is 13.4. The minimum Gasteiger partial charge on any atom is -0.374 e. The van der Waals surface area contributed by atoms with E-state index in [2.05, 4.69) is 20.7 Å². The standard InChI is InChI=1S/C17H17N5O2S/c18-17-21-20-16(25-17)13(10-6-2-1-3-7-10)19-15(23)14-11-8-4-5-9-12(11)22-24-14/h1-3,6-7,13H,4-5,8-9H2,(H2,18,21)(H,19,23)/t13-/m0/s1. The molecule has 1 atom stereocenters. The van der Waals surface area contributed by atoms with Crippen LogP contribution in [0.2, 0.25) is 0 Å². The van der Waals surface area contributed by atoms with Crippen LogP contribution in [0.1, 0.15) is 51.3 Å². The van der Waals surface area contributed by atoms with Crippen molar-refractivity contribution in [3.63, 3.8) is 0 Å². The molecule has 0 saturated carbocycles. The molecule has 1 aliphatic carbocycles. The molecule has 0 spiro atoms. The van der Waals surface area contributed by atoms with Crippen molar-refractivity contribution in [3.8, 4) is 0 Å². The van der Waals surface area contributed by atoms with E-state index in [-0.39, 0.29) is 5.91 Å². The maximum atomic E-state index is 12.8. The van der Waals surface area contributed by atoms with Crippen LogP contribution in [0.25, 0.3) is 0 Å². The third-order valence-electron chi connectivity index (χ3n) is 4.28. The molecule has 2 heterocycles. The lowest BCUT2D eigenvalue weighted by atomic mass is 9.96. The predicted octanol–water partition coefficient (Wildman–Crippen LogP) is 2.51. The molecule has 4 rings (SSSR count). The van der Waals surface area contributed by atoms with E-state index in [9.17, 15) is 4.79 Å². The first-order valence-corrected chi connectivity index (χ1v) is 8.96. The minimum atomic E-state index is -0.437. The van der Waals surface area contributed by atoms with Crippen molar-refractivity contribution in [2.45, 2.75) is 31.7 Å². The molecule has 0 aliphatic heterocycles. The Morgan fingerprint density at radius 2 is 2.00 bits per heavy atom. The highest BCUT2D eigenvalue weighted by atomic mass is 32.1. The number of aromatic nitrogens is 3. The number of carbonyl (C=O) groups excluding carboxylic acids is 1. The first kappa shape index (κ1) is 15.8. The van der Waals surface area contributed by atoms with Crippen molar-refractivity contribution in [1.82, 2.24) is 20.7 Å². The predicted molar refractivity (Wildman–Crippen MR) is 93.2 cm³/mol. The van der Waals surface area contributed by atoms with E-state index in [1.54, 1.807) is 0 Å². The van der Waals surface area contributed by atoms with Crippen molar-refractivity contribution in [3.05, 3.63) is 57.9 Å². The third kappa shape index (κ3) is 3.12. The molecular formula is C17H17N5O2S. The number of nitrogens with one attached hydrogen (secondary N) is 1. The SMILES string of the molecule is Nc1nnc([C@@H](NC(=O)c2onc3c2CCCC3)c2ccccc2)s1. The number of hydrogen-bond acceptors (Lipinski definition) is 7. The Labute approximate surface area is 148 Å². The van der Waals surface area contributed by atoms with Crippen LogP contribution in [-0.4, -0.2) is 21.3 Å². The van der Waals surface area contributed by atoms with Crippen molar-refractivity contribution in [1.29, 1.82) is 0 Å². The normalized spacial score (nSPS) is 14.7. The van der Waals surface area contributed by atoms with Crippen LogP contribution in [-0.2, 0) is 12.8 Å². The quantitative estimate of drug-likeness (QED) is 0.745. The van der Waals surface area contributed by atoms with Crippen molar-refractivity contribution in [2.75, 3.05) is 5.73 Å². The second-order valence-electron chi connectivity index (χ2n) is 5.94. The number of rotatable bonds is 4. The number of carbonyl (C=O) groups is 1. The molecule has 1 amide bonds. The zero-order valence-corrected chi connectivity index (χ0v) is 14.3. The molecule has 0 unspecified atom stereocenters. The zero-order chi connectivity index (χ0) is 17.2. The van der Waals surface area contributed by atoms with Crippen LogP contribution in [0.3, 0.4) is 0 Å². The summed E-state index contributed by atoms with van der Waals surface area (Å²) in [4.78, 5) is 12.8. The lowest BCUT2D eigenvalue weighted by Gasteiger charge is -2.16. The fraction of sp³-hybridized carbons (Fsp3) is 0.294. The van der Waals surface area contributed by atoms with Crippen molar-refractivity contribution < 1.29 is 9.32 Å². The largest absolute Gasteiger partial charge is 0.374 e. The van der Waals surface area contributed by atoms with Crippen LogP contribution in [0, 0.1) is 0 Å². The highest BCUT2D eigenvalue weighted by Gasteiger charge is 2.28. The van der Waals surface area contributed by atoms with Crippen LogP contribution in [0.15, 0.2) is 34.9 Å². The van der Waals surface area contributed by atoms with Gasteiger partial charge in [-0.2, -0.15) is 0 Å². The molecule has 0 bridgehead atoms. The number of nitrogens with two attached hydrogens (primary N) is 1. The maximum Gasteiger partial charge on any atom is 0.291 e. The molecule has 0 fully saturated rings. The Balaban J connectivity index is 1.65. The number of aryl methyl sites for hydroxylation is 1. The molecule has 1 aromatic carbocycles. The van der Waals surface area contributed by atoms with Gasteiger partial charge in [-0.1, -0.05) is 46.8 Å². The molecule has 8 heteroatoms. The van der Waals surface area contributed by atoms with Gasteiger partial charge in [0, 0.05) is 5.56 Å². The first-order valence-electron chi connectivity index (χ1n) is 8.14. The molecule has 128 valence electrons. The van der Waals surface area contributed by atoms with Crippen LogP contribution < -0.4 is 11.1 Å². The van der Waals surface area contributed by atoms with Gasteiger partial charge >= 0.3 is 0 Å². The average molecular weight is 355 g/mol. The average Bonchev–Trinajstić information content (AvgIpc) is 3.26. The first-order chi connectivity index (χ1) is 12.2. The Hall–Kier alpha value is -2.74. The number of hydrogen-bond donors (Lipinski definition) is 2. The third-order valence-corrected chi connectivity index (χ3v) is 5.09. The summed E-state index contributed by atoms with van der Waals surface area (Å²) in [5, 5.41) is 16.0. The Bertz CT molecular complexity index is 890. The van der Waals surface area contributed by atoms with Gasteiger partial charge in [-0.25, -0.2) is 0 Å². The number of anilines is 1. The van der Waals surface area contributed by atoms with E-state index in [1.165, 1.54) is 11.3 Å². The molecule has 25 heavy (non-hydrogen) atoms. The summed E-state index contributed by atoms with van der Waals surface area (Å²) in [6, 6.07) is 9.16. The highest BCUT2D eigenvalue weighted by Crippen LogP contribution is 2.28. The molecule has 0 radical (unpaired) electrons. The number of fused-ring (bicyclic) bond motifs is 1. The van der Waals surface area contributed by atoms with Gasteiger partial charge in [0.2, 0.25) is 10.9 Å². The molecule has 3 N–H and O–H groups in total. The Morgan fingerprint density at radius 1 is 1.20 bits per heavy atom. The molecular weight excluding hydrogens is 338 g/mol. The fourth-order valence-electron chi connectivity index (χ4n) is 3.06. The van der Waals surface area contributed by atoms with Gasteiger partial charge in [-0.05, 0) is 31.2 Å². The number of amides is 1. The van der Waals surface area contributed by atoms with Gasteiger partial charge in [0.25, 0.3) is 5.91 Å². The summed E-state index contributed by atoms with van der Waals surface area (Å²) in [5.41, 5.74) is 8.44. The van der Waals surface area contributed by atoms with Crippen LogP contribution >= 0.6 is 11.3 Å². The Kier molecular flexibility index (Phi) is 4.19. The minimum absolute atomic E-state index is 0.293. The highest BCUT2D eigenvalue weighted by molar-refractivity contribution is 7.15. The van der Waals surface area contributed by atoms with E-state index in [0.717, 1.165) is 42.5 Å². The number of nitrogen functional groups attached to an aromatic ring is 1. The Morgan fingerprint density at radius 3 is 2.76 bits per heavy atom. The number of nitrogens with zero attached hydrogens (tertiary/aromatic N) is 3. The summed E-state index contributed by atoms with van der Waals surface area (Å²) in [6.45, 7) is 0. The van der Waals surface area contributed by atoms with Crippen molar-refractivity contribution >= 4 is 22.4 Å². The van der Waals surface area contributed by atoms with Crippen LogP contribution in [0.5, 0.6) is 0 Å². The van der Waals surface area contributed by atoms with Gasteiger partial charge in [0.05, 0.1) is 5.69 Å². The topological polar surface area (TPSA) is 107 Å².